The number of benzene rings is 1. The smallest absolute Gasteiger partial charge is 0.129 e. The molecule has 0 unspecified atom stereocenters. The maximum atomic E-state index is 13.9. The van der Waals surface area contributed by atoms with Gasteiger partial charge in [0, 0.05) is 23.9 Å². The Morgan fingerprint density at radius 1 is 1.27 bits per heavy atom. The molecule has 0 aliphatic heterocycles. The van der Waals surface area contributed by atoms with Crippen LogP contribution in [0.25, 0.3) is 11.1 Å². The van der Waals surface area contributed by atoms with Gasteiger partial charge in [-0.25, -0.2) is 4.39 Å². The van der Waals surface area contributed by atoms with Crippen LogP contribution in [0.5, 0.6) is 0 Å². The summed E-state index contributed by atoms with van der Waals surface area (Å²) in [6.07, 6.45) is 10.4. The lowest BCUT2D eigenvalue weighted by Crippen LogP contribution is -2.14. The number of aryl methyl sites for hydroxylation is 1. The summed E-state index contributed by atoms with van der Waals surface area (Å²) in [5.41, 5.74) is 3.10. The van der Waals surface area contributed by atoms with E-state index < -0.39 is 0 Å². The van der Waals surface area contributed by atoms with E-state index in [1.807, 2.05) is 24.0 Å². The summed E-state index contributed by atoms with van der Waals surface area (Å²) in [7, 11) is 0. The molecule has 2 aromatic rings. The third-order valence-electron chi connectivity index (χ3n) is 4.68. The fraction of sp³-hybridized carbons (Fsp3) is 0.500. The van der Waals surface area contributed by atoms with Gasteiger partial charge >= 0.3 is 0 Å². The summed E-state index contributed by atoms with van der Waals surface area (Å²) in [5.74, 6) is 0.360. The van der Waals surface area contributed by atoms with E-state index in [0.29, 0.717) is 5.56 Å². The summed E-state index contributed by atoms with van der Waals surface area (Å²) in [6.45, 7) is 2.62. The van der Waals surface area contributed by atoms with Gasteiger partial charge in [0.15, 0.2) is 0 Å². The lowest BCUT2D eigenvalue weighted by atomic mass is 9.89. The van der Waals surface area contributed by atoms with Crippen LogP contribution >= 0.6 is 0 Å². The quantitative estimate of drug-likeness (QED) is 0.924. The molecule has 0 saturated heterocycles. The first kappa shape index (κ1) is 15.2. The lowest BCUT2D eigenvalue weighted by Gasteiger charge is -2.21. The summed E-state index contributed by atoms with van der Waals surface area (Å²) in [6, 6.07) is 3.21. The average Bonchev–Trinajstić information content (AvgIpc) is 2.98. The Balaban J connectivity index is 1.79. The van der Waals surface area contributed by atoms with Crippen molar-refractivity contribution in [2.45, 2.75) is 52.2 Å². The van der Waals surface area contributed by atoms with Crippen molar-refractivity contribution >= 4 is 0 Å². The first-order valence-corrected chi connectivity index (χ1v) is 8.10. The molecule has 1 aromatic carbocycles. The fourth-order valence-electron chi connectivity index (χ4n) is 3.41. The molecule has 0 radical (unpaired) electrons. The van der Waals surface area contributed by atoms with Gasteiger partial charge in [0.2, 0.25) is 0 Å². The maximum absolute atomic E-state index is 13.9. The van der Waals surface area contributed by atoms with Crippen molar-refractivity contribution in [1.82, 2.24) is 9.78 Å². The molecule has 118 valence electrons. The second kappa shape index (κ2) is 6.61. The van der Waals surface area contributed by atoms with Gasteiger partial charge in [0.25, 0.3) is 0 Å². The molecule has 1 aliphatic rings. The Morgan fingerprint density at radius 2 is 2.05 bits per heavy atom. The van der Waals surface area contributed by atoms with Crippen LogP contribution in [0.2, 0.25) is 0 Å². The second-order valence-electron chi connectivity index (χ2n) is 6.37. The molecule has 0 spiro atoms. The number of aromatic nitrogens is 2. The predicted molar refractivity (Wildman–Crippen MR) is 84.9 cm³/mol. The van der Waals surface area contributed by atoms with Crippen molar-refractivity contribution in [3.63, 3.8) is 0 Å². The highest BCUT2D eigenvalue weighted by Crippen LogP contribution is 2.28. The minimum Gasteiger partial charge on any atom is -0.392 e. The highest BCUT2D eigenvalue weighted by Gasteiger charge is 2.15. The number of hydrogen-bond acceptors (Lipinski definition) is 2. The number of nitrogens with zero attached hydrogens (tertiary/aromatic N) is 2. The number of aliphatic hydroxyl groups excluding tert-OH is 1. The van der Waals surface area contributed by atoms with Gasteiger partial charge in [-0.05, 0) is 42.9 Å². The van der Waals surface area contributed by atoms with E-state index >= 15 is 0 Å². The molecule has 1 heterocycles. The number of halogens is 1. The van der Waals surface area contributed by atoms with Gasteiger partial charge < -0.3 is 5.11 Å². The Labute approximate surface area is 130 Å². The average molecular weight is 302 g/mol. The molecule has 1 aliphatic carbocycles. The van der Waals surface area contributed by atoms with Gasteiger partial charge in [-0.3, -0.25) is 4.68 Å². The van der Waals surface area contributed by atoms with E-state index in [1.54, 1.807) is 6.07 Å². The Morgan fingerprint density at radius 3 is 2.77 bits per heavy atom. The van der Waals surface area contributed by atoms with Crippen LogP contribution in [-0.2, 0) is 13.2 Å². The van der Waals surface area contributed by atoms with Crippen molar-refractivity contribution in [1.29, 1.82) is 0 Å². The summed E-state index contributed by atoms with van der Waals surface area (Å²) < 4.78 is 15.9. The summed E-state index contributed by atoms with van der Waals surface area (Å²) >= 11 is 0. The van der Waals surface area contributed by atoms with Crippen LogP contribution in [0.15, 0.2) is 24.5 Å². The van der Waals surface area contributed by atoms with Crippen LogP contribution in [0, 0.1) is 18.7 Å². The molecular formula is C18H23FN2O. The molecule has 3 nitrogen and oxygen atoms in total. The molecule has 3 rings (SSSR count). The zero-order valence-corrected chi connectivity index (χ0v) is 13.1. The Bertz CT molecular complexity index is 645. The van der Waals surface area contributed by atoms with E-state index in [2.05, 4.69) is 5.10 Å². The molecular weight excluding hydrogens is 279 g/mol. The molecule has 4 heteroatoms. The van der Waals surface area contributed by atoms with Gasteiger partial charge in [0.1, 0.15) is 5.82 Å². The first-order chi connectivity index (χ1) is 10.7. The van der Waals surface area contributed by atoms with Crippen LogP contribution < -0.4 is 0 Å². The van der Waals surface area contributed by atoms with E-state index in [0.717, 1.165) is 29.2 Å². The fourth-order valence-corrected chi connectivity index (χ4v) is 3.41. The van der Waals surface area contributed by atoms with Gasteiger partial charge in [-0.1, -0.05) is 25.3 Å². The second-order valence-corrected chi connectivity index (χ2v) is 6.37. The summed E-state index contributed by atoms with van der Waals surface area (Å²) in [5, 5.41) is 13.6. The predicted octanol–water partition coefficient (Wildman–Crippen LogP) is 4.07. The van der Waals surface area contributed by atoms with E-state index in [1.165, 1.54) is 38.2 Å². The molecule has 0 amide bonds. The SMILES string of the molecule is Cc1cc(CO)c(F)cc1-c1cnn(CC2CCCCC2)c1. The Kier molecular flexibility index (Phi) is 4.57. The topological polar surface area (TPSA) is 38.1 Å². The van der Waals surface area contributed by atoms with E-state index in [-0.39, 0.29) is 12.4 Å². The van der Waals surface area contributed by atoms with Crippen LogP contribution in [-0.4, -0.2) is 14.9 Å². The molecule has 1 fully saturated rings. The molecule has 1 saturated carbocycles. The molecule has 0 bridgehead atoms. The first-order valence-electron chi connectivity index (χ1n) is 8.10. The highest BCUT2D eigenvalue weighted by atomic mass is 19.1. The highest BCUT2D eigenvalue weighted by molar-refractivity contribution is 5.66. The van der Waals surface area contributed by atoms with Crippen molar-refractivity contribution in [2.75, 3.05) is 0 Å². The monoisotopic (exact) mass is 302 g/mol. The molecule has 0 atom stereocenters. The van der Waals surface area contributed by atoms with Gasteiger partial charge in [-0.15, -0.1) is 0 Å². The van der Waals surface area contributed by atoms with Crippen molar-refractivity contribution in [2.24, 2.45) is 5.92 Å². The Hall–Kier alpha value is -1.68. The lowest BCUT2D eigenvalue weighted by molar-refractivity contribution is 0.275. The van der Waals surface area contributed by atoms with Gasteiger partial charge in [0.05, 0.1) is 12.8 Å². The molecule has 1 aromatic heterocycles. The summed E-state index contributed by atoms with van der Waals surface area (Å²) in [4.78, 5) is 0. The standard InChI is InChI=1S/C18H23FN2O/c1-13-7-15(12-22)18(19)8-17(13)16-9-20-21(11-16)10-14-5-3-2-4-6-14/h7-9,11,14,22H,2-6,10,12H2,1H3. The minimum atomic E-state index is -0.358. The molecule has 22 heavy (non-hydrogen) atoms. The van der Waals surface area contributed by atoms with E-state index in [4.69, 9.17) is 5.11 Å². The van der Waals surface area contributed by atoms with Crippen LogP contribution in [0.4, 0.5) is 4.39 Å². The zero-order chi connectivity index (χ0) is 15.5. The number of rotatable bonds is 4. The number of hydrogen-bond donors (Lipinski definition) is 1. The van der Waals surface area contributed by atoms with Gasteiger partial charge in [-0.2, -0.15) is 5.10 Å². The normalized spacial score (nSPS) is 16.1. The van der Waals surface area contributed by atoms with Crippen LogP contribution in [0.1, 0.15) is 43.2 Å². The largest absolute Gasteiger partial charge is 0.392 e. The van der Waals surface area contributed by atoms with Crippen molar-refractivity contribution < 1.29 is 9.50 Å². The zero-order valence-electron chi connectivity index (χ0n) is 13.1. The van der Waals surface area contributed by atoms with E-state index in [9.17, 15) is 4.39 Å². The van der Waals surface area contributed by atoms with Crippen molar-refractivity contribution in [3.05, 3.63) is 41.5 Å². The minimum absolute atomic E-state index is 0.270. The third kappa shape index (κ3) is 3.22. The molecule has 1 N–H and O–H groups in total. The third-order valence-corrected chi connectivity index (χ3v) is 4.68. The maximum Gasteiger partial charge on any atom is 0.129 e. The van der Waals surface area contributed by atoms with Crippen molar-refractivity contribution in [3.8, 4) is 11.1 Å². The van der Waals surface area contributed by atoms with Crippen LogP contribution in [0.3, 0.4) is 0 Å². The number of aliphatic hydroxyl groups is 1.